The van der Waals surface area contributed by atoms with Crippen LogP contribution in [0.1, 0.15) is 34.3 Å². The molecule has 0 bridgehead atoms. The molecule has 198 valence electrons. The van der Waals surface area contributed by atoms with Crippen LogP contribution in [-0.2, 0) is 27.4 Å². The lowest BCUT2D eigenvalue weighted by atomic mass is 10.1. The van der Waals surface area contributed by atoms with Crippen LogP contribution in [-0.4, -0.2) is 24.1 Å². The van der Waals surface area contributed by atoms with Crippen molar-refractivity contribution in [2.45, 2.75) is 35.7 Å². The number of aromatic nitrogens is 1. The highest BCUT2D eigenvalue weighted by Gasteiger charge is 2.36. The predicted octanol–water partition coefficient (Wildman–Crippen LogP) is 3.45. The molecule has 2 heterocycles. The van der Waals surface area contributed by atoms with Crippen LogP contribution in [0.3, 0.4) is 0 Å². The first-order valence-electron chi connectivity index (χ1n) is 11.5. The average Bonchev–Trinajstić information content (AvgIpc) is 3.62. The Labute approximate surface area is 215 Å². The Bertz CT molecular complexity index is 1570. The molecule has 1 amide bonds. The summed E-state index contributed by atoms with van der Waals surface area (Å²) in [5.41, 5.74) is 1.03. The van der Waals surface area contributed by atoms with E-state index in [0.29, 0.717) is 18.4 Å². The maximum absolute atomic E-state index is 13.4. The van der Waals surface area contributed by atoms with Crippen molar-refractivity contribution in [2.75, 3.05) is 5.17 Å². The smallest absolute Gasteiger partial charge is 0.366 e. The number of halogens is 3. The second-order valence-corrected chi connectivity index (χ2v) is 10.9. The molecule has 1 aliphatic carbocycles. The zero-order valence-electron chi connectivity index (χ0n) is 19.6. The summed E-state index contributed by atoms with van der Waals surface area (Å²) in [6, 6.07) is 11.6. The van der Waals surface area contributed by atoms with Crippen molar-refractivity contribution in [1.29, 1.82) is 0 Å². The summed E-state index contributed by atoms with van der Waals surface area (Å²) in [6.07, 6.45) is 0.596. The lowest BCUT2D eigenvalue weighted by Gasteiger charge is -2.20. The fourth-order valence-electron chi connectivity index (χ4n) is 3.93. The monoisotopic (exact) mass is 546 g/mol. The van der Waals surface area contributed by atoms with Crippen molar-refractivity contribution in [3.05, 3.63) is 100 Å². The Morgan fingerprint density at radius 3 is 2.47 bits per heavy atom. The van der Waals surface area contributed by atoms with Crippen LogP contribution in [0, 0.1) is 0 Å². The van der Waals surface area contributed by atoms with Gasteiger partial charge in [0.05, 0.1) is 21.9 Å². The van der Waals surface area contributed by atoms with Gasteiger partial charge in [0.15, 0.2) is 9.84 Å². The van der Waals surface area contributed by atoms with E-state index in [2.05, 4.69) is 10.7 Å². The van der Waals surface area contributed by atoms with Crippen molar-refractivity contribution >= 4 is 21.4 Å². The van der Waals surface area contributed by atoms with Gasteiger partial charge in [-0.15, -0.1) is 5.17 Å². The van der Waals surface area contributed by atoms with E-state index < -0.39 is 33.0 Å². The zero-order valence-corrected chi connectivity index (χ0v) is 20.4. The number of hydrogen-bond donors (Lipinski definition) is 2. The van der Waals surface area contributed by atoms with Gasteiger partial charge in [-0.05, 0) is 54.8 Å². The van der Waals surface area contributed by atoms with Crippen molar-refractivity contribution in [1.82, 2.24) is 15.3 Å². The molecule has 0 spiro atoms. The Morgan fingerprint density at radius 2 is 1.84 bits per heavy atom. The van der Waals surface area contributed by atoms with Gasteiger partial charge in [-0.3, -0.25) is 19.6 Å². The highest BCUT2D eigenvalue weighted by atomic mass is 32.2. The normalized spacial score (nSPS) is 15.2. The Hall–Kier alpha value is -4.26. The number of amides is 1. The number of hydrogen-bond acceptors (Lipinski definition) is 7. The van der Waals surface area contributed by atoms with E-state index in [9.17, 15) is 31.2 Å². The van der Waals surface area contributed by atoms with Gasteiger partial charge in [-0.1, -0.05) is 18.2 Å². The molecule has 13 heteroatoms. The number of nitrogens with one attached hydrogen (secondary N) is 2. The third-order valence-corrected chi connectivity index (χ3v) is 8.34. The maximum Gasteiger partial charge on any atom is 0.416 e. The maximum atomic E-state index is 13.4. The number of alkyl halides is 3. The Morgan fingerprint density at radius 1 is 1.11 bits per heavy atom. The standard InChI is InChI=1S/C25H21F3N4O5S/c26-25(27,28)17-2-1-3-18(14-17)31-12-10-21(32-30-11-13-37-32)22(24(31)34)23(33)29-15-16-4-6-19(7-5-16)38(35,36)20-8-9-20/h1-7,10-14,20,30H,8-9,15H2,(H,29,33). The highest BCUT2D eigenvalue weighted by molar-refractivity contribution is 7.92. The van der Waals surface area contributed by atoms with E-state index in [1.807, 2.05) is 0 Å². The van der Waals surface area contributed by atoms with Gasteiger partial charge in [0, 0.05) is 18.4 Å². The first-order valence-corrected chi connectivity index (χ1v) is 13.0. The zero-order chi connectivity index (χ0) is 27.1. The number of anilines is 1. The summed E-state index contributed by atoms with van der Waals surface area (Å²) in [4.78, 5) is 32.1. The third kappa shape index (κ3) is 4.96. The number of pyridine rings is 1. The van der Waals surface area contributed by atoms with Crippen LogP contribution in [0.25, 0.3) is 5.69 Å². The molecular weight excluding hydrogens is 525 g/mol. The van der Waals surface area contributed by atoms with Crippen molar-refractivity contribution in [3.63, 3.8) is 0 Å². The minimum absolute atomic E-state index is 0.0339. The summed E-state index contributed by atoms with van der Waals surface area (Å²) < 4.78 is 65.4. The number of sulfone groups is 1. The van der Waals surface area contributed by atoms with Gasteiger partial charge >= 0.3 is 6.18 Å². The first kappa shape index (κ1) is 25.4. The molecule has 0 unspecified atom stereocenters. The van der Waals surface area contributed by atoms with E-state index >= 15 is 0 Å². The fraction of sp³-hybridized carbons (Fsp3) is 0.200. The summed E-state index contributed by atoms with van der Waals surface area (Å²) >= 11 is 0. The van der Waals surface area contributed by atoms with Crippen LogP contribution in [0.2, 0.25) is 0 Å². The molecule has 0 radical (unpaired) electrons. The summed E-state index contributed by atoms with van der Waals surface area (Å²) in [6.45, 7) is -0.0353. The summed E-state index contributed by atoms with van der Waals surface area (Å²) in [5.74, 6) is -0.807. The van der Waals surface area contributed by atoms with Crippen LogP contribution in [0.5, 0.6) is 0 Å². The van der Waals surface area contributed by atoms with E-state index in [1.54, 1.807) is 12.1 Å². The minimum Gasteiger partial charge on any atom is -0.366 e. The molecule has 0 saturated heterocycles. The number of nitrogens with zero attached hydrogens (tertiary/aromatic N) is 2. The molecule has 1 aliphatic heterocycles. The SMILES string of the molecule is O=C(NCc1ccc(S(=O)(=O)C2CC2)cc1)c1c(N2NC=CO2)ccn(-c2cccc(C(F)(F)F)c2)c1=O. The van der Waals surface area contributed by atoms with Gasteiger partial charge in [-0.25, -0.2) is 8.42 Å². The second kappa shape index (κ2) is 9.56. The quantitative estimate of drug-likeness (QED) is 0.467. The van der Waals surface area contributed by atoms with Gasteiger partial charge in [0.25, 0.3) is 11.5 Å². The lowest BCUT2D eigenvalue weighted by Crippen LogP contribution is -2.38. The molecule has 38 heavy (non-hydrogen) atoms. The third-order valence-electron chi connectivity index (χ3n) is 6.06. The molecule has 9 nitrogen and oxygen atoms in total. The van der Waals surface area contributed by atoms with E-state index in [4.69, 9.17) is 4.84 Å². The number of hydrazine groups is 1. The van der Waals surface area contributed by atoms with Crippen LogP contribution in [0.15, 0.2) is 82.9 Å². The molecule has 5 rings (SSSR count). The van der Waals surface area contributed by atoms with Gasteiger partial charge in [0.1, 0.15) is 17.5 Å². The number of carbonyl (C=O) groups excluding carboxylic acids is 1. The van der Waals surface area contributed by atoms with E-state index in [1.165, 1.54) is 49.0 Å². The molecule has 2 N–H and O–H groups in total. The van der Waals surface area contributed by atoms with Gasteiger partial charge in [-0.2, -0.15) is 13.2 Å². The summed E-state index contributed by atoms with van der Waals surface area (Å²) in [7, 11) is -3.36. The molecule has 3 aromatic rings. The molecule has 1 saturated carbocycles. The summed E-state index contributed by atoms with van der Waals surface area (Å²) in [5, 5.41) is 3.33. The Kier molecular flexibility index (Phi) is 6.39. The van der Waals surface area contributed by atoms with Gasteiger partial charge in [0.2, 0.25) is 0 Å². The van der Waals surface area contributed by atoms with Crippen LogP contribution >= 0.6 is 0 Å². The second-order valence-electron chi connectivity index (χ2n) is 8.70. The van der Waals surface area contributed by atoms with Crippen molar-refractivity contribution in [3.8, 4) is 5.69 Å². The molecule has 2 aromatic carbocycles. The number of carbonyl (C=O) groups is 1. The molecule has 2 aliphatic rings. The predicted molar refractivity (Wildman–Crippen MR) is 131 cm³/mol. The Balaban J connectivity index is 1.44. The van der Waals surface area contributed by atoms with Crippen LogP contribution < -0.4 is 21.5 Å². The minimum atomic E-state index is -4.62. The topological polar surface area (TPSA) is 110 Å². The van der Waals surface area contributed by atoms with Crippen molar-refractivity contribution < 1.29 is 31.2 Å². The molecule has 1 aromatic heterocycles. The lowest BCUT2D eigenvalue weighted by molar-refractivity contribution is -0.137. The molecule has 0 atom stereocenters. The van der Waals surface area contributed by atoms with Crippen LogP contribution in [0.4, 0.5) is 18.9 Å². The van der Waals surface area contributed by atoms with E-state index in [-0.39, 0.29) is 33.6 Å². The average molecular weight is 547 g/mol. The first-order chi connectivity index (χ1) is 18.1. The van der Waals surface area contributed by atoms with Crippen molar-refractivity contribution in [2.24, 2.45) is 0 Å². The largest absolute Gasteiger partial charge is 0.416 e. The molecule has 1 fully saturated rings. The fourth-order valence-corrected chi connectivity index (χ4v) is 5.59. The molecular formula is C25H21F3N4O5S. The van der Waals surface area contributed by atoms with Gasteiger partial charge < -0.3 is 10.2 Å². The highest BCUT2D eigenvalue weighted by Crippen LogP contribution is 2.33. The number of benzene rings is 2. The van der Waals surface area contributed by atoms with E-state index in [0.717, 1.165) is 21.9 Å². The number of rotatable bonds is 7.